The Morgan fingerprint density at radius 1 is 0.802 bits per heavy atom. The van der Waals surface area contributed by atoms with E-state index < -0.39 is 5.91 Å². The van der Waals surface area contributed by atoms with E-state index in [4.69, 9.17) is 54.3 Å². The van der Waals surface area contributed by atoms with Gasteiger partial charge >= 0.3 is 0 Å². The summed E-state index contributed by atoms with van der Waals surface area (Å²) >= 11 is 9.42. The summed E-state index contributed by atoms with van der Waals surface area (Å²) in [5.74, 6) is 0.231. The summed E-state index contributed by atoms with van der Waals surface area (Å²) in [4.78, 5) is 62.2. The lowest BCUT2D eigenvalue weighted by Crippen LogP contribution is -2.42. The van der Waals surface area contributed by atoms with Crippen molar-refractivity contribution in [3.05, 3.63) is 128 Å². The number of rotatable bonds is 41. The molecule has 81 heavy (non-hydrogen) atoms. The number of halogens is 2. The van der Waals surface area contributed by atoms with Crippen molar-refractivity contribution in [2.75, 3.05) is 111 Å². The second kappa shape index (κ2) is 38.7. The minimum absolute atomic E-state index is 0.00452. The first-order chi connectivity index (χ1) is 39.4. The van der Waals surface area contributed by atoms with Crippen molar-refractivity contribution >= 4 is 68.9 Å². The Bertz CT molecular complexity index is 2630. The van der Waals surface area contributed by atoms with Gasteiger partial charge in [-0.05, 0) is 138 Å². The number of pyridine rings is 1. The Labute approximate surface area is 489 Å². The number of ether oxygens (including phenoxy) is 8. The Hall–Kier alpha value is -5.92. The summed E-state index contributed by atoms with van der Waals surface area (Å²) < 4.78 is 45.4. The molecule has 3 atom stereocenters. The van der Waals surface area contributed by atoms with Crippen LogP contribution in [0.25, 0.3) is 6.08 Å². The van der Waals surface area contributed by atoms with Crippen LogP contribution >= 0.6 is 27.5 Å². The van der Waals surface area contributed by atoms with E-state index in [1.54, 1.807) is 37.3 Å². The maximum absolute atomic E-state index is 13.2. The van der Waals surface area contributed by atoms with E-state index >= 15 is 0 Å². The number of nitrogens with zero attached hydrogens (tertiary/aromatic N) is 4. The fraction of sp³-hybridized carbons (Fsp3) is 0.492. The number of fused-ring (bicyclic) bond motifs is 1. The highest BCUT2D eigenvalue weighted by Crippen LogP contribution is 2.41. The molecular formula is C61H77BrClN5O13. The van der Waals surface area contributed by atoms with Crippen LogP contribution in [0.5, 0.6) is 5.75 Å². The van der Waals surface area contributed by atoms with Crippen LogP contribution in [-0.4, -0.2) is 146 Å². The molecule has 1 N–H and O–H groups in total. The van der Waals surface area contributed by atoms with Crippen molar-refractivity contribution in [2.45, 2.75) is 90.1 Å². The van der Waals surface area contributed by atoms with Gasteiger partial charge in [-0.1, -0.05) is 60.4 Å². The number of hydrogen-bond donors (Lipinski definition) is 1. The minimum atomic E-state index is -0.480. The van der Waals surface area contributed by atoms with Gasteiger partial charge in [0.25, 0.3) is 5.91 Å². The summed E-state index contributed by atoms with van der Waals surface area (Å²) in [7, 11) is 0. The number of nitriles is 1. The van der Waals surface area contributed by atoms with E-state index in [2.05, 4.69) is 38.3 Å². The Balaban J connectivity index is 0.762. The molecule has 0 saturated carbocycles. The molecule has 18 nitrogen and oxygen atoms in total. The monoisotopic (exact) mass is 1200 g/mol. The van der Waals surface area contributed by atoms with Gasteiger partial charge in [-0.15, -0.1) is 0 Å². The molecule has 0 bridgehead atoms. The van der Waals surface area contributed by atoms with Crippen molar-refractivity contribution in [3.8, 4) is 11.8 Å². The number of benzene rings is 3. The number of oxime groups is 1. The molecule has 0 fully saturated rings. The zero-order chi connectivity index (χ0) is 57.9. The number of hydrogen-bond acceptors (Lipinski definition) is 16. The van der Waals surface area contributed by atoms with Crippen molar-refractivity contribution in [1.29, 1.82) is 5.26 Å². The Kier molecular flexibility index (Phi) is 31.5. The topological polar surface area (TPSA) is 216 Å². The number of aromatic nitrogens is 1. The van der Waals surface area contributed by atoms with E-state index in [9.17, 15) is 24.4 Å². The molecule has 1 unspecified atom stereocenters. The lowest BCUT2D eigenvalue weighted by Gasteiger charge is -2.39. The van der Waals surface area contributed by atoms with E-state index in [0.717, 1.165) is 41.6 Å². The lowest BCUT2D eigenvalue weighted by atomic mass is 9.81. The SMILES string of the molecule is CCCC(NC(=O)/C(C#N)=C/c1cccc(Br)n1)c1ccc(OCC=NOCC(=O)CCCOCCOCCOCCOCCOCCOCCOCCCC(=O)c2ccc3c(c2)[C@@H](Cc2ccc(Cl)cc2)C[C@@H](C)N3C(C)=O)cc1. The average molecular weight is 1200 g/mol. The van der Waals surface area contributed by atoms with E-state index in [0.29, 0.717) is 151 Å². The zero-order valence-corrected chi connectivity index (χ0v) is 49.1. The van der Waals surface area contributed by atoms with Gasteiger partial charge in [-0.25, -0.2) is 4.98 Å². The normalized spacial score (nSPS) is 14.6. The van der Waals surface area contributed by atoms with Crippen LogP contribution in [0.15, 0.2) is 100 Å². The third-order valence-electron chi connectivity index (χ3n) is 12.8. The molecule has 1 aliphatic rings. The van der Waals surface area contributed by atoms with E-state index in [1.165, 1.54) is 12.3 Å². The highest BCUT2D eigenvalue weighted by Gasteiger charge is 2.33. The van der Waals surface area contributed by atoms with Gasteiger partial charge in [-0.3, -0.25) is 19.2 Å². The standard InChI is InChI=1S/C61H77BrClN5O13/c1-4-8-57(67-61(72)51(43-64)41-53-9-5-12-60(62)66-53)48-15-20-55(21-16-48)80-26-23-65-81-44-54(70)10-6-24-73-27-29-75-31-33-77-35-37-79-38-36-78-34-32-76-30-28-74-25-7-11-59(71)49-17-22-58-56(42-49)50(39-45(2)68(58)46(3)69)40-47-13-18-52(63)19-14-47/h5,9,12-23,41-42,45,50,57H,4,6-8,10-11,24-40,44H2,1-3H3,(H,67,72)/b51-41+,65-23?/t45-,50-,57?/m1/s1. The number of nitrogens with one attached hydrogen (secondary N) is 1. The van der Waals surface area contributed by atoms with Gasteiger partial charge in [0.2, 0.25) is 5.91 Å². The first-order valence-electron chi connectivity index (χ1n) is 27.6. The number of ketones is 2. The van der Waals surface area contributed by atoms with Gasteiger partial charge in [0.1, 0.15) is 28.6 Å². The third kappa shape index (κ3) is 25.4. The summed E-state index contributed by atoms with van der Waals surface area (Å²) in [6, 6.07) is 27.9. The van der Waals surface area contributed by atoms with Gasteiger partial charge in [0, 0.05) is 55.3 Å². The summed E-state index contributed by atoms with van der Waals surface area (Å²) in [5, 5.41) is 17.1. The second-order valence-corrected chi connectivity index (χ2v) is 20.3. The quantitative estimate of drug-likeness (QED) is 0.00832. The average Bonchev–Trinajstić information content (AvgIpc) is 3.48. The Morgan fingerprint density at radius 3 is 1.96 bits per heavy atom. The largest absolute Gasteiger partial charge is 0.488 e. The van der Waals surface area contributed by atoms with Crippen molar-refractivity contribution < 1.29 is 61.9 Å². The third-order valence-corrected chi connectivity index (χ3v) is 13.5. The van der Waals surface area contributed by atoms with E-state index in [-0.39, 0.29) is 54.3 Å². The molecule has 0 saturated heterocycles. The highest BCUT2D eigenvalue weighted by atomic mass is 79.9. The molecule has 4 aromatic rings. The van der Waals surface area contributed by atoms with Crippen LogP contribution in [0, 0.1) is 11.3 Å². The summed E-state index contributed by atoms with van der Waals surface area (Å²) in [6.07, 6.45) is 7.79. The molecule has 20 heteroatoms. The van der Waals surface area contributed by atoms with Crippen molar-refractivity contribution in [3.63, 3.8) is 0 Å². The van der Waals surface area contributed by atoms with Crippen LogP contribution < -0.4 is 15.0 Å². The van der Waals surface area contributed by atoms with E-state index in [1.807, 2.05) is 72.5 Å². The Morgan fingerprint density at radius 2 is 1.40 bits per heavy atom. The van der Waals surface area contributed by atoms with Crippen LogP contribution in [0.4, 0.5) is 5.69 Å². The smallest absolute Gasteiger partial charge is 0.262 e. The highest BCUT2D eigenvalue weighted by molar-refractivity contribution is 9.10. The van der Waals surface area contributed by atoms with Crippen molar-refractivity contribution in [1.82, 2.24) is 10.3 Å². The molecular weight excluding hydrogens is 1130 g/mol. The molecule has 438 valence electrons. The molecule has 1 aromatic heterocycles. The fourth-order valence-electron chi connectivity index (χ4n) is 8.85. The first-order valence-corrected chi connectivity index (χ1v) is 28.8. The molecule has 1 aliphatic heterocycles. The predicted molar refractivity (Wildman–Crippen MR) is 313 cm³/mol. The molecule has 3 aromatic carbocycles. The zero-order valence-electron chi connectivity index (χ0n) is 46.8. The number of carbonyl (C=O) groups is 4. The summed E-state index contributed by atoms with van der Waals surface area (Å²) in [6.45, 7) is 11.7. The minimum Gasteiger partial charge on any atom is -0.488 e. The van der Waals surface area contributed by atoms with Crippen LogP contribution in [-0.2, 0) is 58.8 Å². The van der Waals surface area contributed by atoms with Gasteiger partial charge in [-0.2, -0.15) is 5.26 Å². The van der Waals surface area contributed by atoms with Crippen LogP contribution in [0.1, 0.15) is 110 Å². The molecule has 2 heterocycles. The predicted octanol–water partition coefficient (Wildman–Crippen LogP) is 10.0. The fourth-order valence-corrected chi connectivity index (χ4v) is 9.33. The molecule has 0 aliphatic carbocycles. The molecule has 0 spiro atoms. The maximum atomic E-state index is 13.2. The van der Waals surface area contributed by atoms with Gasteiger partial charge < -0.3 is 52.9 Å². The maximum Gasteiger partial charge on any atom is 0.262 e. The van der Waals surface area contributed by atoms with Crippen molar-refractivity contribution in [2.24, 2.45) is 5.16 Å². The lowest BCUT2D eigenvalue weighted by molar-refractivity contribution is -0.124. The van der Waals surface area contributed by atoms with Gasteiger partial charge in [0.15, 0.2) is 18.2 Å². The van der Waals surface area contributed by atoms with Crippen LogP contribution in [0.3, 0.4) is 0 Å². The molecule has 5 rings (SSSR count). The number of amides is 2. The summed E-state index contributed by atoms with van der Waals surface area (Å²) in [5.41, 5.74) is 5.05. The van der Waals surface area contributed by atoms with Crippen LogP contribution in [0.2, 0.25) is 5.02 Å². The molecule has 2 amide bonds. The number of Topliss-reactive ketones (excluding diaryl/α,β-unsaturated/α-hetero) is 2. The number of carbonyl (C=O) groups excluding carboxylic acids is 4. The van der Waals surface area contributed by atoms with Gasteiger partial charge in [0.05, 0.1) is 97.2 Å². The second-order valence-electron chi connectivity index (χ2n) is 19.0. The first kappa shape index (κ1) is 65.9. The molecule has 0 radical (unpaired) electrons. The number of anilines is 1.